The zero-order valence-electron chi connectivity index (χ0n) is 11.8. The molecule has 1 aliphatic rings. The molecule has 1 rings (SSSR count). The van der Waals surface area contributed by atoms with E-state index >= 15 is 0 Å². The molecule has 0 aliphatic heterocycles. The van der Waals surface area contributed by atoms with Crippen LogP contribution in [0, 0.1) is 5.92 Å². The normalized spacial score (nSPS) is 19.8. The van der Waals surface area contributed by atoms with Crippen LogP contribution in [-0.4, -0.2) is 35.5 Å². The van der Waals surface area contributed by atoms with Gasteiger partial charge in [0.15, 0.2) is 0 Å². The Morgan fingerprint density at radius 1 is 1.24 bits per heavy atom. The van der Waals surface area contributed by atoms with Crippen LogP contribution in [0.25, 0.3) is 0 Å². The number of rotatable bonds is 6. The molecule has 21 heavy (non-hydrogen) atoms. The third-order valence-electron chi connectivity index (χ3n) is 3.79. The Kier molecular flexibility index (Phi) is 6.00. The fraction of sp³-hybridized carbons (Fsp3) is 0.846. The summed E-state index contributed by atoms with van der Waals surface area (Å²) in [5.41, 5.74) is -1.41. The smallest absolute Gasteiger partial charge is 0.480 e. The first kappa shape index (κ1) is 17.7. The molecule has 0 amide bonds. The predicted molar refractivity (Wildman–Crippen MR) is 67.4 cm³/mol. The number of esters is 1. The van der Waals surface area contributed by atoms with Crippen LogP contribution >= 0.6 is 0 Å². The van der Waals surface area contributed by atoms with Crippen LogP contribution in [0.5, 0.6) is 0 Å². The number of carboxylic acids is 1. The minimum absolute atomic E-state index is 0.214. The van der Waals surface area contributed by atoms with Crippen molar-refractivity contribution in [3.8, 4) is 0 Å². The van der Waals surface area contributed by atoms with Crippen LogP contribution in [-0.2, 0) is 14.3 Å². The van der Waals surface area contributed by atoms with Gasteiger partial charge >= 0.3 is 18.1 Å². The first-order valence-corrected chi connectivity index (χ1v) is 6.87. The largest absolute Gasteiger partial charge is 0.490 e. The maximum Gasteiger partial charge on any atom is 0.490 e. The Morgan fingerprint density at radius 2 is 1.81 bits per heavy atom. The number of carbonyl (C=O) groups excluding carboxylic acids is 1. The van der Waals surface area contributed by atoms with Crippen molar-refractivity contribution in [3.05, 3.63) is 0 Å². The van der Waals surface area contributed by atoms with E-state index in [-0.39, 0.29) is 5.92 Å². The quantitative estimate of drug-likeness (QED) is 0.582. The Morgan fingerprint density at radius 3 is 2.29 bits per heavy atom. The van der Waals surface area contributed by atoms with Crippen molar-refractivity contribution >= 4 is 11.9 Å². The molecule has 1 atom stereocenters. The predicted octanol–water partition coefficient (Wildman–Crippen LogP) is 2.45. The summed E-state index contributed by atoms with van der Waals surface area (Å²) in [7, 11) is 0. The molecule has 0 aromatic heterocycles. The summed E-state index contributed by atoms with van der Waals surface area (Å²) in [5.74, 6) is -3.29. The van der Waals surface area contributed by atoms with Gasteiger partial charge in [-0.25, -0.2) is 4.79 Å². The summed E-state index contributed by atoms with van der Waals surface area (Å²) in [6.07, 6.45) is 0.222. The monoisotopic (exact) mass is 311 g/mol. The number of carboxylic acid groups (broad SMARTS) is 1. The van der Waals surface area contributed by atoms with Gasteiger partial charge in [0.25, 0.3) is 0 Å². The molecule has 0 bridgehead atoms. The molecule has 0 heterocycles. The first-order chi connectivity index (χ1) is 9.65. The lowest BCUT2D eigenvalue weighted by atomic mass is 9.80. The summed E-state index contributed by atoms with van der Waals surface area (Å²) in [6.45, 7) is 0.610. The van der Waals surface area contributed by atoms with E-state index in [1.807, 2.05) is 0 Å². The Labute approximate surface area is 120 Å². The average molecular weight is 311 g/mol. The third kappa shape index (κ3) is 5.53. The van der Waals surface area contributed by atoms with Crippen molar-refractivity contribution in [2.24, 2.45) is 5.92 Å². The zero-order chi connectivity index (χ0) is 16.1. The molecule has 122 valence electrons. The number of carbonyl (C=O) groups is 2. The van der Waals surface area contributed by atoms with Crippen LogP contribution in [0.2, 0.25) is 0 Å². The Balaban J connectivity index is 2.51. The van der Waals surface area contributed by atoms with Gasteiger partial charge in [-0.05, 0) is 19.3 Å². The molecule has 2 N–H and O–H groups in total. The van der Waals surface area contributed by atoms with E-state index in [1.165, 1.54) is 6.92 Å². The second kappa shape index (κ2) is 7.11. The van der Waals surface area contributed by atoms with Crippen molar-refractivity contribution in [1.29, 1.82) is 0 Å². The summed E-state index contributed by atoms with van der Waals surface area (Å²) in [6, 6.07) is 0. The third-order valence-corrected chi connectivity index (χ3v) is 3.79. The van der Waals surface area contributed by atoms with Crippen LogP contribution in [0.1, 0.15) is 45.4 Å². The van der Waals surface area contributed by atoms with E-state index in [9.17, 15) is 27.9 Å². The van der Waals surface area contributed by atoms with Gasteiger partial charge in [-0.15, -0.1) is 0 Å². The molecule has 8 heteroatoms. The second-order valence-electron chi connectivity index (χ2n) is 5.60. The number of ether oxygens (including phenoxy) is 1. The van der Waals surface area contributed by atoms with Gasteiger partial charge in [0.2, 0.25) is 0 Å². The van der Waals surface area contributed by atoms with Crippen molar-refractivity contribution in [1.82, 2.24) is 5.32 Å². The van der Waals surface area contributed by atoms with E-state index in [2.05, 4.69) is 10.1 Å². The fourth-order valence-corrected chi connectivity index (χ4v) is 2.55. The van der Waals surface area contributed by atoms with E-state index in [0.717, 1.165) is 32.1 Å². The van der Waals surface area contributed by atoms with E-state index in [4.69, 9.17) is 0 Å². The first-order valence-electron chi connectivity index (χ1n) is 6.87. The maximum absolute atomic E-state index is 12.0. The summed E-state index contributed by atoms with van der Waals surface area (Å²) >= 11 is 0. The SMILES string of the molecule is C[C@@](CC1CCCCC1)(NCOC(=O)C(F)(F)F)C(=O)O. The van der Waals surface area contributed by atoms with Crippen molar-refractivity contribution in [3.63, 3.8) is 0 Å². The summed E-state index contributed by atoms with van der Waals surface area (Å²) in [5, 5.41) is 11.7. The number of halogens is 3. The fourth-order valence-electron chi connectivity index (χ4n) is 2.55. The highest BCUT2D eigenvalue weighted by Gasteiger charge is 2.42. The molecule has 0 aromatic carbocycles. The van der Waals surface area contributed by atoms with Crippen molar-refractivity contribution in [2.45, 2.75) is 57.2 Å². The van der Waals surface area contributed by atoms with Gasteiger partial charge in [0, 0.05) is 0 Å². The highest BCUT2D eigenvalue weighted by molar-refractivity contribution is 5.78. The Bertz CT molecular complexity index is 380. The average Bonchev–Trinajstić information content (AvgIpc) is 2.38. The van der Waals surface area contributed by atoms with Gasteiger partial charge in [-0.2, -0.15) is 13.2 Å². The standard InChI is InChI=1S/C13H20F3NO4/c1-12(10(18)19,7-9-5-3-2-4-6-9)17-8-21-11(20)13(14,15)16/h9,17H,2-8H2,1H3,(H,18,19)/t12-/m0/s1. The van der Waals surface area contributed by atoms with Gasteiger partial charge in [-0.1, -0.05) is 32.1 Å². The molecule has 1 fully saturated rings. The molecule has 0 saturated heterocycles. The molecule has 0 aromatic rings. The lowest BCUT2D eigenvalue weighted by Crippen LogP contribution is -2.52. The molecule has 0 unspecified atom stereocenters. The van der Waals surface area contributed by atoms with Crippen LogP contribution in [0.4, 0.5) is 13.2 Å². The topological polar surface area (TPSA) is 75.6 Å². The highest BCUT2D eigenvalue weighted by Crippen LogP contribution is 2.30. The maximum atomic E-state index is 12.0. The van der Waals surface area contributed by atoms with Gasteiger partial charge < -0.3 is 9.84 Å². The molecule has 1 saturated carbocycles. The lowest BCUT2D eigenvalue weighted by molar-refractivity contribution is -0.201. The number of hydrogen-bond donors (Lipinski definition) is 2. The van der Waals surface area contributed by atoms with E-state index in [1.54, 1.807) is 0 Å². The molecular weight excluding hydrogens is 291 g/mol. The zero-order valence-corrected chi connectivity index (χ0v) is 11.8. The lowest BCUT2D eigenvalue weighted by Gasteiger charge is -2.32. The number of alkyl halides is 3. The van der Waals surface area contributed by atoms with Crippen LogP contribution in [0.15, 0.2) is 0 Å². The molecule has 5 nitrogen and oxygen atoms in total. The number of aliphatic carboxylic acids is 1. The number of hydrogen-bond acceptors (Lipinski definition) is 4. The molecular formula is C13H20F3NO4. The highest BCUT2D eigenvalue weighted by atomic mass is 19.4. The second-order valence-corrected chi connectivity index (χ2v) is 5.60. The van der Waals surface area contributed by atoms with Crippen molar-refractivity contribution < 1.29 is 32.6 Å². The minimum Gasteiger partial charge on any atom is -0.480 e. The van der Waals surface area contributed by atoms with Gasteiger partial charge in [-0.3, -0.25) is 10.1 Å². The van der Waals surface area contributed by atoms with E-state index < -0.39 is 30.4 Å². The van der Waals surface area contributed by atoms with Crippen LogP contribution < -0.4 is 5.32 Å². The Hall–Kier alpha value is -1.31. The van der Waals surface area contributed by atoms with Crippen LogP contribution in [0.3, 0.4) is 0 Å². The minimum atomic E-state index is -5.08. The number of nitrogens with one attached hydrogen (secondary N) is 1. The summed E-state index contributed by atoms with van der Waals surface area (Å²) < 4.78 is 39.9. The molecule has 0 radical (unpaired) electrons. The van der Waals surface area contributed by atoms with Gasteiger partial charge in [0.05, 0.1) is 0 Å². The molecule has 1 aliphatic carbocycles. The van der Waals surface area contributed by atoms with Gasteiger partial charge in [0.1, 0.15) is 12.3 Å². The van der Waals surface area contributed by atoms with Crippen molar-refractivity contribution in [2.75, 3.05) is 6.73 Å². The van der Waals surface area contributed by atoms with E-state index in [0.29, 0.717) is 6.42 Å². The molecule has 0 spiro atoms. The summed E-state index contributed by atoms with van der Waals surface area (Å²) in [4.78, 5) is 21.9.